The van der Waals surface area contributed by atoms with Crippen LogP contribution >= 0.6 is 0 Å². The summed E-state index contributed by atoms with van der Waals surface area (Å²) in [5.74, 6) is 0.376. The third kappa shape index (κ3) is 4.39. The molecule has 0 amide bonds. The summed E-state index contributed by atoms with van der Waals surface area (Å²) >= 11 is 0. The molecule has 2 rings (SSSR count). The molecule has 0 spiro atoms. The predicted molar refractivity (Wildman–Crippen MR) is 108 cm³/mol. The summed E-state index contributed by atoms with van der Waals surface area (Å²) in [6, 6.07) is 23.6. The van der Waals surface area contributed by atoms with Crippen molar-refractivity contribution in [2.24, 2.45) is 5.92 Å². The summed E-state index contributed by atoms with van der Waals surface area (Å²) in [6.07, 6.45) is 1.47. The highest BCUT2D eigenvalue weighted by Crippen LogP contribution is 2.37. The smallest absolute Gasteiger partial charge is 0.261 e. The van der Waals surface area contributed by atoms with Crippen molar-refractivity contribution in [3.8, 4) is 6.07 Å². The fourth-order valence-electron chi connectivity index (χ4n) is 3.42. The molecular weight excluding hydrogens is 322 g/mol. The molecule has 2 nitrogen and oxygen atoms in total. The van der Waals surface area contributed by atoms with Gasteiger partial charge in [-0.3, -0.25) is 0 Å². The maximum absolute atomic E-state index is 8.85. The lowest BCUT2D eigenvalue weighted by Gasteiger charge is -2.43. The summed E-state index contributed by atoms with van der Waals surface area (Å²) < 4.78 is 6.85. The zero-order chi connectivity index (χ0) is 18.3. The molecule has 3 heteroatoms. The number of hydrogen-bond acceptors (Lipinski definition) is 2. The first-order chi connectivity index (χ1) is 11.9. The van der Waals surface area contributed by atoms with E-state index >= 15 is 0 Å². The molecule has 25 heavy (non-hydrogen) atoms. The second-order valence-electron chi connectivity index (χ2n) is 7.78. The molecule has 0 heterocycles. The molecule has 0 aliphatic rings. The lowest BCUT2D eigenvalue weighted by atomic mass is 10.1. The van der Waals surface area contributed by atoms with E-state index in [0.29, 0.717) is 18.9 Å². The van der Waals surface area contributed by atoms with Crippen LogP contribution in [-0.2, 0) is 4.43 Å². The van der Waals surface area contributed by atoms with Crippen molar-refractivity contribution < 1.29 is 4.43 Å². The Bertz CT molecular complexity index is 646. The predicted octanol–water partition coefficient (Wildman–Crippen LogP) is 4.50. The van der Waals surface area contributed by atoms with E-state index in [2.05, 4.69) is 94.4 Å². The number of nitriles is 1. The Morgan fingerprint density at radius 2 is 1.44 bits per heavy atom. The van der Waals surface area contributed by atoms with Crippen molar-refractivity contribution in [1.82, 2.24) is 0 Å². The van der Waals surface area contributed by atoms with Crippen LogP contribution < -0.4 is 10.4 Å². The summed E-state index contributed by atoms with van der Waals surface area (Å²) in [7, 11) is -2.43. The minimum Gasteiger partial charge on any atom is -0.407 e. The molecule has 1 atom stereocenters. The molecule has 0 fully saturated rings. The first kappa shape index (κ1) is 19.4. The molecule has 0 aliphatic carbocycles. The molecule has 0 radical (unpaired) electrons. The van der Waals surface area contributed by atoms with Gasteiger partial charge in [-0.25, -0.2) is 0 Å². The third-order valence-electron chi connectivity index (χ3n) is 4.75. The molecule has 0 unspecified atom stereocenters. The highest BCUT2D eigenvalue weighted by molar-refractivity contribution is 6.99. The van der Waals surface area contributed by atoms with E-state index in [9.17, 15) is 0 Å². The SMILES string of the molecule is C[C@@H](CCC#N)CO[Si](c1ccccc1)(c1ccccc1)C(C)(C)C. The summed E-state index contributed by atoms with van der Waals surface area (Å²) in [5, 5.41) is 11.5. The van der Waals surface area contributed by atoms with Crippen LogP contribution in [-0.4, -0.2) is 14.9 Å². The van der Waals surface area contributed by atoms with Gasteiger partial charge < -0.3 is 4.43 Å². The highest BCUT2D eigenvalue weighted by atomic mass is 28.4. The molecular formula is C22H29NOSi. The van der Waals surface area contributed by atoms with E-state index in [1.54, 1.807) is 0 Å². The standard InChI is InChI=1S/C22H29NOSi/c1-19(12-11-17-23)18-24-25(22(2,3)4,20-13-7-5-8-14-20)21-15-9-6-10-16-21/h5-10,13-16,19H,11-12,18H2,1-4H3/t19-/m0/s1. The van der Waals surface area contributed by atoms with Crippen molar-refractivity contribution >= 4 is 18.7 Å². The van der Waals surface area contributed by atoms with E-state index in [-0.39, 0.29) is 5.04 Å². The first-order valence-electron chi connectivity index (χ1n) is 9.04. The Morgan fingerprint density at radius 3 is 1.84 bits per heavy atom. The lowest BCUT2D eigenvalue weighted by molar-refractivity contribution is 0.239. The maximum Gasteiger partial charge on any atom is 0.261 e. The van der Waals surface area contributed by atoms with Crippen LogP contribution in [0.25, 0.3) is 0 Å². The van der Waals surface area contributed by atoms with Crippen LogP contribution in [0.2, 0.25) is 5.04 Å². The van der Waals surface area contributed by atoms with Gasteiger partial charge in [-0.1, -0.05) is 88.4 Å². The van der Waals surface area contributed by atoms with Crippen LogP contribution in [0.15, 0.2) is 60.7 Å². The average Bonchev–Trinajstić information content (AvgIpc) is 2.61. The zero-order valence-electron chi connectivity index (χ0n) is 15.8. The van der Waals surface area contributed by atoms with Crippen molar-refractivity contribution in [3.05, 3.63) is 60.7 Å². The van der Waals surface area contributed by atoms with Gasteiger partial charge in [0.15, 0.2) is 0 Å². The number of nitrogens with zero attached hydrogens (tertiary/aromatic N) is 1. The molecule has 0 aliphatic heterocycles. The molecule has 0 saturated heterocycles. The molecule has 0 N–H and O–H groups in total. The second kappa shape index (κ2) is 8.47. The van der Waals surface area contributed by atoms with Crippen molar-refractivity contribution in [2.45, 2.75) is 45.6 Å². The molecule has 2 aromatic carbocycles. The van der Waals surface area contributed by atoms with Crippen LogP contribution in [0.1, 0.15) is 40.5 Å². The van der Waals surface area contributed by atoms with Crippen molar-refractivity contribution in [1.29, 1.82) is 5.26 Å². The van der Waals surface area contributed by atoms with Crippen LogP contribution in [0.4, 0.5) is 0 Å². The summed E-state index contributed by atoms with van der Waals surface area (Å²) in [4.78, 5) is 0. The first-order valence-corrected chi connectivity index (χ1v) is 10.9. The van der Waals surface area contributed by atoms with Gasteiger partial charge in [0.05, 0.1) is 6.07 Å². The monoisotopic (exact) mass is 351 g/mol. The van der Waals surface area contributed by atoms with Gasteiger partial charge in [0.1, 0.15) is 0 Å². The number of hydrogen-bond donors (Lipinski definition) is 0. The molecule has 0 aromatic heterocycles. The Morgan fingerprint density at radius 1 is 0.960 bits per heavy atom. The van der Waals surface area contributed by atoms with Gasteiger partial charge >= 0.3 is 0 Å². The van der Waals surface area contributed by atoms with Crippen LogP contribution in [0.3, 0.4) is 0 Å². The Hall–Kier alpha value is -1.89. The van der Waals surface area contributed by atoms with Crippen molar-refractivity contribution in [2.75, 3.05) is 6.61 Å². The molecule has 0 bridgehead atoms. The fourth-order valence-corrected chi connectivity index (χ4v) is 8.11. The second-order valence-corrected chi connectivity index (χ2v) is 12.1. The van der Waals surface area contributed by atoms with Gasteiger partial charge in [-0.2, -0.15) is 5.26 Å². The van der Waals surface area contributed by atoms with Gasteiger partial charge in [-0.15, -0.1) is 0 Å². The maximum atomic E-state index is 8.85. The van der Waals surface area contributed by atoms with E-state index in [1.807, 2.05) is 0 Å². The van der Waals surface area contributed by atoms with Gasteiger partial charge in [0.25, 0.3) is 8.32 Å². The quantitative estimate of drug-likeness (QED) is 0.688. The Balaban J connectivity index is 2.48. The van der Waals surface area contributed by atoms with Gasteiger partial charge in [0.2, 0.25) is 0 Å². The van der Waals surface area contributed by atoms with Crippen LogP contribution in [0.5, 0.6) is 0 Å². The Kier molecular flexibility index (Phi) is 6.58. The third-order valence-corrected chi connectivity index (χ3v) is 9.75. The lowest BCUT2D eigenvalue weighted by Crippen LogP contribution is -2.66. The normalized spacial score (nSPS) is 13.2. The zero-order valence-corrected chi connectivity index (χ0v) is 16.8. The summed E-state index contributed by atoms with van der Waals surface area (Å²) in [5.41, 5.74) is 0. The van der Waals surface area contributed by atoms with Gasteiger partial charge in [0, 0.05) is 13.0 Å². The fraction of sp³-hybridized carbons (Fsp3) is 0.409. The summed E-state index contributed by atoms with van der Waals surface area (Å²) in [6.45, 7) is 9.74. The Labute approximate surface area is 153 Å². The highest BCUT2D eigenvalue weighted by Gasteiger charge is 2.50. The minimum absolute atomic E-state index is 0.00462. The molecule has 2 aromatic rings. The minimum atomic E-state index is -2.43. The number of rotatable bonds is 7. The molecule has 0 saturated carbocycles. The number of benzene rings is 2. The van der Waals surface area contributed by atoms with Crippen LogP contribution in [0, 0.1) is 17.2 Å². The topological polar surface area (TPSA) is 33.0 Å². The van der Waals surface area contributed by atoms with E-state index in [1.165, 1.54) is 10.4 Å². The van der Waals surface area contributed by atoms with E-state index in [0.717, 1.165) is 6.42 Å². The van der Waals surface area contributed by atoms with E-state index < -0.39 is 8.32 Å². The van der Waals surface area contributed by atoms with E-state index in [4.69, 9.17) is 9.69 Å². The largest absolute Gasteiger partial charge is 0.407 e. The molecule has 132 valence electrons. The van der Waals surface area contributed by atoms with Crippen molar-refractivity contribution in [3.63, 3.8) is 0 Å². The average molecular weight is 352 g/mol. The van der Waals surface area contributed by atoms with Gasteiger partial charge in [-0.05, 0) is 27.8 Å².